The van der Waals surface area contributed by atoms with Crippen LogP contribution in [0, 0.1) is 6.92 Å². The van der Waals surface area contributed by atoms with Gasteiger partial charge in [0.2, 0.25) is 11.8 Å². The second-order valence-corrected chi connectivity index (χ2v) is 6.65. The second-order valence-electron chi connectivity index (χ2n) is 6.65. The first-order chi connectivity index (χ1) is 12.0. The van der Waals surface area contributed by atoms with Gasteiger partial charge in [0.1, 0.15) is 5.82 Å². The third kappa shape index (κ3) is 4.65. The number of aryl methyl sites for hydroxylation is 2. The molecule has 0 unspecified atom stereocenters. The van der Waals surface area contributed by atoms with Crippen LogP contribution >= 0.6 is 0 Å². The Morgan fingerprint density at radius 3 is 2.80 bits per heavy atom. The average molecular weight is 341 g/mol. The van der Waals surface area contributed by atoms with Crippen molar-refractivity contribution in [3.05, 3.63) is 41.3 Å². The Hall–Kier alpha value is -2.70. The van der Waals surface area contributed by atoms with E-state index in [2.05, 4.69) is 25.8 Å². The number of anilines is 1. The molecule has 0 radical (unpaired) electrons. The number of nitrogens with one attached hydrogen (secondary N) is 3. The first-order valence-corrected chi connectivity index (χ1v) is 8.53. The predicted octanol–water partition coefficient (Wildman–Crippen LogP) is 2.07. The van der Waals surface area contributed by atoms with Crippen LogP contribution in [0.3, 0.4) is 0 Å². The number of carbonyl (C=O) groups is 2. The molecule has 0 atom stereocenters. The van der Waals surface area contributed by atoms with Gasteiger partial charge in [0, 0.05) is 43.3 Å². The van der Waals surface area contributed by atoms with Gasteiger partial charge in [-0.15, -0.1) is 0 Å². The maximum Gasteiger partial charge on any atom is 0.225 e. The minimum Gasteiger partial charge on any atom is -0.354 e. The molecule has 132 valence electrons. The Balaban J connectivity index is 1.44. The summed E-state index contributed by atoms with van der Waals surface area (Å²) >= 11 is 0. The van der Waals surface area contributed by atoms with Gasteiger partial charge < -0.3 is 10.6 Å². The van der Waals surface area contributed by atoms with Crippen molar-refractivity contribution in [3.8, 4) is 0 Å². The zero-order valence-electron chi connectivity index (χ0n) is 14.5. The molecule has 1 saturated carbocycles. The number of aromatic nitrogens is 3. The highest BCUT2D eigenvalue weighted by Crippen LogP contribution is 2.36. The van der Waals surface area contributed by atoms with Crippen LogP contribution in [-0.4, -0.2) is 33.0 Å². The van der Waals surface area contributed by atoms with Crippen molar-refractivity contribution in [2.24, 2.45) is 0 Å². The highest BCUT2D eigenvalue weighted by atomic mass is 16.2. The van der Waals surface area contributed by atoms with Gasteiger partial charge >= 0.3 is 0 Å². The summed E-state index contributed by atoms with van der Waals surface area (Å²) in [6.45, 7) is 3.52. The smallest absolute Gasteiger partial charge is 0.225 e. The van der Waals surface area contributed by atoms with Gasteiger partial charge in [-0.2, -0.15) is 5.10 Å². The topological polar surface area (TPSA) is 99.8 Å². The molecule has 3 rings (SSSR count). The second kappa shape index (κ2) is 7.46. The Labute approximate surface area is 146 Å². The zero-order valence-corrected chi connectivity index (χ0v) is 14.5. The maximum absolute atomic E-state index is 12.1. The number of hydrogen-bond donors (Lipinski definition) is 3. The average Bonchev–Trinajstić information content (AvgIpc) is 2.97. The molecule has 7 nitrogen and oxygen atoms in total. The minimum atomic E-state index is -0.0673. The SMILES string of the molecule is CC(=O)N[C@H]1C[C@@H](c2cc(NC(=O)CCc3ccc(C)cn3)[nH]n2)C1. The first-order valence-electron chi connectivity index (χ1n) is 8.53. The summed E-state index contributed by atoms with van der Waals surface area (Å²) < 4.78 is 0. The summed E-state index contributed by atoms with van der Waals surface area (Å²) in [5, 5.41) is 12.9. The molecule has 2 aromatic rings. The van der Waals surface area contributed by atoms with Crippen molar-refractivity contribution in [2.45, 2.75) is 51.5 Å². The Morgan fingerprint density at radius 1 is 1.32 bits per heavy atom. The van der Waals surface area contributed by atoms with Crippen LogP contribution < -0.4 is 10.6 Å². The third-order valence-electron chi connectivity index (χ3n) is 4.42. The molecule has 1 fully saturated rings. The van der Waals surface area contributed by atoms with Gasteiger partial charge in [-0.3, -0.25) is 19.7 Å². The number of hydrogen-bond acceptors (Lipinski definition) is 4. The molecule has 25 heavy (non-hydrogen) atoms. The van der Waals surface area contributed by atoms with E-state index in [1.54, 1.807) is 6.20 Å². The normalized spacial score (nSPS) is 19.1. The molecule has 0 saturated heterocycles. The summed E-state index contributed by atoms with van der Waals surface area (Å²) in [6, 6.07) is 6.04. The van der Waals surface area contributed by atoms with Gasteiger partial charge in [0.25, 0.3) is 0 Å². The number of aromatic amines is 1. The Kier molecular flexibility index (Phi) is 5.11. The number of rotatable bonds is 6. The molecule has 0 aliphatic heterocycles. The lowest BCUT2D eigenvalue weighted by molar-refractivity contribution is -0.120. The zero-order chi connectivity index (χ0) is 17.8. The van der Waals surface area contributed by atoms with Crippen molar-refractivity contribution in [2.75, 3.05) is 5.32 Å². The monoisotopic (exact) mass is 341 g/mol. The van der Waals surface area contributed by atoms with E-state index in [0.29, 0.717) is 24.6 Å². The van der Waals surface area contributed by atoms with Crippen LogP contribution in [0.2, 0.25) is 0 Å². The molecule has 0 spiro atoms. The molecule has 1 aliphatic carbocycles. The molecule has 7 heteroatoms. The summed E-state index contributed by atoms with van der Waals surface area (Å²) in [5.74, 6) is 0.874. The van der Waals surface area contributed by atoms with E-state index in [4.69, 9.17) is 0 Å². The first kappa shape index (κ1) is 17.1. The highest BCUT2D eigenvalue weighted by Gasteiger charge is 2.32. The third-order valence-corrected chi connectivity index (χ3v) is 4.42. The van der Waals surface area contributed by atoms with Crippen molar-refractivity contribution in [1.82, 2.24) is 20.5 Å². The van der Waals surface area contributed by atoms with Gasteiger partial charge in [-0.05, 0) is 37.8 Å². The summed E-state index contributed by atoms with van der Waals surface area (Å²) in [4.78, 5) is 27.4. The van der Waals surface area contributed by atoms with Crippen LogP contribution in [0.4, 0.5) is 5.82 Å². The number of H-pyrrole nitrogens is 1. The van der Waals surface area contributed by atoms with Crippen LogP contribution in [0.1, 0.15) is 49.1 Å². The molecule has 0 bridgehead atoms. The van der Waals surface area contributed by atoms with Crippen LogP contribution in [0.15, 0.2) is 24.4 Å². The van der Waals surface area contributed by atoms with E-state index < -0.39 is 0 Å². The molecule has 2 amide bonds. The highest BCUT2D eigenvalue weighted by molar-refractivity contribution is 5.89. The number of pyridine rings is 1. The lowest BCUT2D eigenvalue weighted by atomic mass is 9.78. The van der Waals surface area contributed by atoms with E-state index in [0.717, 1.165) is 29.8 Å². The molecule has 1 aliphatic rings. The Morgan fingerprint density at radius 2 is 2.12 bits per heavy atom. The number of carbonyl (C=O) groups excluding carboxylic acids is 2. The van der Waals surface area contributed by atoms with E-state index in [1.807, 2.05) is 25.1 Å². The number of amides is 2. The summed E-state index contributed by atoms with van der Waals surface area (Å²) in [6.07, 6.45) is 4.56. The van der Waals surface area contributed by atoms with Crippen LogP contribution in [0.5, 0.6) is 0 Å². The van der Waals surface area contributed by atoms with Crippen molar-refractivity contribution in [3.63, 3.8) is 0 Å². The fourth-order valence-corrected chi connectivity index (χ4v) is 2.98. The van der Waals surface area contributed by atoms with E-state index in [9.17, 15) is 9.59 Å². The van der Waals surface area contributed by atoms with Crippen molar-refractivity contribution in [1.29, 1.82) is 0 Å². The fraction of sp³-hybridized carbons (Fsp3) is 0.444. The Bertz CT molecular complexity index is 747. The predicted molar refractivity (Wildman–Crippen MR) is 94.1 cm³/mol. The van der Waals surface area contributed by atoms with Gasteiger partial charge in [0.15, 0.2) is 0 Å². The van der Waals surface area contributed by atoms with Crippen LogP contribution in [0.25, 0.3) is 0 Å². The fourth-order valence-electron chi connectivity index (χ4n) is 2.98. The summed E-state index contributed by atoms with van der Waals surface area (Å²) in [7, 11) is 0. The molecule has 2 heterocycles. The standard InChI is InChI=1S/C18H23N5O2/c1-11-3-4-14(19-10-11)5-6-18(25)21-17-9-16(22-23-17)13-7-15(8-13)20-12(2)24/h3-4,9-10,13,15H,5-8H2,1-2H3,(H,20,24)(H2,21,22,23,25)/t13-,15+. The van der Waals surface area contributed by atoms with E-state index >= 15 is 0 Å². The van der Waals surface area contributed by atoms with Crippen molar-refractivity contribution >= 4 is 17.6 Å². The van der Waals surface area contributed by atoms with Gasteiger partial charge in [-0.25, -0.2) is 0 Å². The lowest BCUT2D eigenvalue weighted by Gasteiger charge is -2.34. The molecular weight excluding hydrogens is 318 g/mol. The summed E-state index contributed by atoms with van der Waals surface area (Å²) in [5.41, 5.74) is 2.94. The molecule has 3 N–H and O–H groups in total. The van der Waals surface area contributed by atoms with Gasteiger partial charge in [0.05, 0.1) is 5.69 Å². The van der Waals surface area contributed by atoms with Crippen LogP contribution in [-0.2, 0) is 16.0 Å². The van der Waals surface area contributed by atoms with E-state index in [1.165, 1.54) is 6.92 Å². The molecule has 0 aromatic carbocycles. The largest absolute Gasteiger partial charge is 0.354 e. The quantitative estimate of drug-likeness (QED) is 0.749. The molecular formula is C18H23N5O2. The maximum atomic E-state index is 12.1. The van der Waals surface area contributed by atoms with E-state index in [-0.39, 0.29) is 17.9 Å². The van der Waals surface area contributed by atoms with Gasteiger partial charge in [-0.1, -0.05) is 6.07 Å². The minimum absolute atomic E-state index is 0.00139. The van der Waals surface area contributed by atoms with Crippen molar-refractivity contribution < 1.29 is 9.59 Å². The number of nitrogens with zero attached hydrogens (tertiary/aromatic N) is 2. The lowest BCUT2D eigenvalue weighted by Crippen LogP contribution is -2.42. The molecule has 2 aromatic heterocycles.